The number of aliphatic hydroxyl groups is 1. The van der Waals surface area contributed by atoms with Crippen LogP contribution in [0.3, 0.4) is 0 Å². The molecule has 21 heavy (non-hydrogen) atoms. The van der Waals surface area contributed by atoms with E-state index in [1.807, 2.05) is 4.90 Å². The molecular formula is C17H32N2O2. The average Bonchev–Trinajstić information content (AvgIpc) is 2.81. The molecule has 0 bridgehead atoms. The van der Waals surface area contributed by atoms with E-state index in [0.717, 1.165) is 32.4 Å². The van der Waals surface area contributed by atoms with Crippen molar-refractivity contribution in [1.82, 2.24) is 10.2 Å². The summed E-state index contributed by atoms with van der Waals surface area (Å²) in [4.78, 5) is 14.3. The van der Waals surface area contributed by atoms with E-state index >= 15 is 0 Å². The van der Waals surface area contributed by atoms with E-state index in [1.54, 1.807) is 0 Å². The summed E-state index contributed by atoms with van der Waals surface area (Å²) in [5, 5.41) is 12.8. The molecule has 2 N–H and O–H groups in total. The molecule has 4 nitrogen and oxygen atoms in total. The van der Waals surface area contributed by atoms with Crippen LogP contribution in [0, 0.1) is 11.3 Å². The summed E-state index contributed by atoms with van der Waals surface area (Å²) in [5.41, 5.74) is -0.0715. The molecule has 0 aromatic heterocycles. The third-order valence-corrected chi connectivity index (χ3v) is 5.55. The first-order chi connectivity index (χ1) is 10.2. The maximum atomic E-state index is 12.4. The number of hydrogen-bond acceptors (Lipinski definition) is 2. The fourth-order valence-corrected chi connectivity index (χ4v) is 3.82. The van der Waals surface area contributed by atoms with Crippen molar-refractivity contribution in [3.63, 3.8) is 0 Å². The van der Waals surface area contributed by atoms with Crippen LogP contribution in [0.5, 0.6) is 0 Å². The van der Waals surface area contributed by atoms with E-state index in [0.29, 0.717) is 12.5 Å². The Morgan fingerprint density at radius 2 is 1.95 bits per heavy atom. The van der Waals surface area contributed by atoms with Crippen molar-refractivity contribution in [2.45, 2.75) is 64.7 Å². The number of amides is 2. The number of likely N-dealkylation sites (tertiary alicyclic amines) is 1. The molecule has 1 saturated heterocycles. The maximum absolute atomic E-state index is 12.4. The molecule has 0 spiro atoms. The van der Waals surface area contributed by atoms with Gasteiger partial charge in [0.25, 0.3) is 0 Å². The van der Waals surface area contributed by atoms with Crippen LogP contribution in [0.4, 0.5) is 4.79 Å². The van der Waals surface area contributed by atoms with E-state index < -0.39 is 0 Å². The Hall–Kier alpha value is -0.770. The van der Waals surface area contributed by atoms with Gasteiger partial charge in [0.05, 0.1) is 6.61 Å². The van der Waals surface area contributed by atoms with Crippen LogP contribution in [0.1, 0.15) is 64.7 Å². The average molecular weight is 296 g/mol. The second kappa shape index (κ2) is 8.02. The first kappa shape index (κ1) is 16.6. The molecule has 0 radical (unpaired) electrons. The normalized spacial score (nSPS) is 28.2. The highest BCUT2D eigenvalue weighted by molar-refractivity contribution is 5.74. The number of urea groups is 1. The van der Waals surface area contributed by atoms with Gasteiger partial charge in [0, 0.05) is 25.0 Å². The molecule has 1 aliphatic carbocycles. The zero-order valence-electron chi connectivity index (χ0n) is 13.6. The van der Waals surface area contributed by atoms with Gasteiger partial charge >= 0.3 is 6.03 Å². The lowest BCUT2D eigenvalue weighted by atomic mass is 9.78. The molecule has 2 fully saturated rings. The van der Waals surface area contributed by atoms with Crippen molar-refractivity contribution in [3.8, 4) is 0 Å². The third-order valence-electron chi connectivity index (χ3n) is 5.55. The van der Waals surface area contributed by atoms with Gasteiger partial charge in [-0.05, 0) is 38.0 Å². The summed E-state index contributed by atoms with van der Waals surface area (Å²) in [6, 6.07) is 0.0743. The highest BCUT2D eigenvalue weighted by atomic mass is 16.3. The molecule has 122 valence electrons. The highest BCUT2D eigenvalue weighted by Gasteiger charge is 2.35. The van der Waals surface area contributed by atoms with Gasteiger partial charge in [0.1, 0.15) is 0 Å². The predicted octanol–water partition coefficient (Wildman–Crippen LogP) is 3.15. The van der Waals surface area contributed by atoms with Crippen LogP contribution in [0.2, 0.25) is 0 Å². The number of nitrogens with one attached hydrogen (secondary N) is 1. The molecule has 1 unspecified atom stereocenters. The molecule has 2 rings (SSSR count). The Kier molecular flexibility index (Phi) is 6.34. The summed E-state index contributed by atoms with van der Waals surface area (Å²) in [7, 11) is 0. The molecule has 1 aliphatic heterocycles. The maximum Gasteiger partial charge on any atom is 0.317 e. The number of hydrogen-bond donors (Lipinski definition) is 2. The third kappa shape index (κ3) is 4.60. The van der Waals surface area contributed by atoms with Crippen molar-refractivity contribution in [2.75, 3.05) is 26.2 Å². The van der Waals surface area contributed by atoms with Crippen LogP contribution in [-0.4, -0.2) is 42.3 Å². The topological polar surface area (TPSA) is 52.6 Å². The van der Waals surface area contributed by atoms with Crippen molar-refractivity contribution in [3.05, 3.63) is 0 Å². The Balaban J connectivity index is 1.79. The molecule has 1 heterocycles. The lowest BCUT2D eigenvalue weighted by Crippen LogP contribution is -2.51. The zero-order valence-corrected chi connectivity index (χ0v) is 13.6. The van der Waals surface area contributed by atoms with Crippen LogP contribution in [0.25, 0.3) is 0 Å². The number of aliphatic hydroxyl groups excluding tert-OH is 1. The molecule has 1 saturated carbocycles. The van der Waals surface area contributed by atoms with Crippen molar-refractivity contribution in [2.24, 2.45) is 11.3 Å². The minimum absolute atomic E-state index is 0.0715. The van der Waals surface area contributed by atoms with Gasteiger partial charge in [-0.25, -0.2) is 4.79 Å². The predicted molar refractivity (Wildman–Crippen MR) is 85.2 cm³/mol. The van der Waals surface area contributed by atoms with Crippen molar-refractivity contribution < 1.29 is 9.90 Å². The van der Waals surface area contributed by atoms with E-state index in [2.05, 4.69) is 12.2 Å². The summed E-state index contributed by atoms with van der Waals surface area (Å²) >= 11 is 0. The first-order valence-corrected chi connectivity index (χ1v) is 8.83. The van der Waals surface area contributed by atoms with Gasteiger partial charge in [-0.2, -0.15) is 0 Å². The molecular weight excluding hydrogens is 264 g/mol. The number of piperidine rings is 1. The Labute approximate surface area is 129 Å². The molecule has 1 atom stereocenters. The standard InChI is InChI=1S/C17H32N2O2/c1-2-17(14-20)10-7-11-19(13-17)16(21)18-12-15-8-5-3-4-6-9-15/h15,20H,2-14H2,1H3,(H,18,21). The van der Waals surface area contributed by atoms with Crippen molar-refractivity contribution in [1.29, 1.82) is 0 Å². The van der Waals surface area contributed by atoms with Gasteiger partial charge in [0.2, 0.25) is 0 Å². The van der Waals surface area contributed by atoms with Gasteiger partial charge < -0.3 is 15.3 Å². The fourth-order valence-electron chi connectivity index (χ4n) is 3.82. The quantitative estimate of drug-likeness (QED) is 0.783. The summed E-state index contributed by atoms with van der Waals surface area (Å²) in [6.07, 6.45) is 10.8. The van der Waals surface area contributed by atoms with Gasteiger partial charge in [-0.15, -0.1) is 0 Å². The minimum atomic E-state index is -0.0715. The first-order valence-electron chi connectivity index (χ1n) is 8.83. The zero-order chi connectivity index (χ0) is 15.1. The number of carbonyl (C=O) groups is 1. The number of nitrogens with zero attached hydrogens (tertiary/aromatic N) is 1. The van der Waals surface area contributed by atoms with E-state index in [9.17, 15) is 9.90 Å². The van der Waals surface area contributed by atoms with E-state index in [-0.39, 0.29) is 18.1 Å². The minimum Gasteiger partial charge on any atom is -0.396 e. The van der Waals surface area contributed by atoms with Crippen LogP contribution in [0.15, 0.2) is 0 Å². The SMILES string of the molecule is CCC1(CO)CCCN(C(=O)NCC2CCCCCC2)C1. The summed E-state index contributed by atoms with van der Waals surface area (Å²) in [6.45, 7) is 4.67. The molecule has 4 heteroatoms. The highest BCUT2D eigenvalue weighted by Crippen LogP contribution is 2.32. The van der Waals surface area contributed by atoms with Crippen molar-refractivity contribution >= 4 is 6.03 Å². The van der Waals surface area contributed by atoms with Gasteiger partial charge in [-0.3, -0.25) is 0 Å². The fraction of sp³-hybridized carbons (Fsp3) is 0.941. The summed E-state index contributed by atoms with van der Waals surface area (Å²) in [5.74, 6) is 0.662. The molecule has 0 aromatic carbocycles. The second-order valence-corrected chi connectivity index (χ2v) is 7.08. The van der Waals surface area contributed by atoms with E-state index in [1.165, 1.54) is 38.5 Å². The van der Waals surface area contributed by atoms with Gasteiger partial charge in [0.15, 0.2) is 0 Å². The summed E-state index contributed by atoms with van der Waals surface area (Å²) < 4.78 is 0. The lowest BCUT2D eigenvalue weighted by Gasteiger charge is -2.41. The molecule has 2 aliphatic rings. The molecule has 2 amide bonds. The lowest BCUT2D eigenvalue weighted by molar-refractivity contribution is 0.0438. The second-order valence-electron chi connectivity index (χ2n) is 7.08. The molecule has 0 aromatic rings. The monoisotopic (exact) mass is 296 g/mol. The Morgan fingerprint density at radius 1 is 1.24 bits per heavy atom. The van der Waals surface area contributed by atoms with Crippen LogP contribution >= 0.6 is 0 Å². The Bertz CT molecular complexity index is 321. The smallest absolute Gasteiger partial charge is 0.317 e. The van der Waals surface area contributed by atoms with E-state index in [4.69, 9.17) is 0 Å². The van der Waals surface area contributed by atoms with Crippen LogP contribution in [-0.2, 0) is 0 Å². The van der Waals surface area contributed by atoms with Crippen LogP contribution < -0.4 is 5.32 Å². The number of carbonyl (C=O) groups excluding carboxylic acids is 1. The largest absolute Gasteiger partial charge is 0.396 e. The van der Waals surface area contributed by atoms with Gasteiger partial charge in [-0.1, -0.05) is 32.6 Å². The number of rotatable bonds is 4. The Morgan fingerprint density at radius 3 is 2.57 bits per heavy atom.